The van der Waals surface area contributed by atoms with Gasteiger partial charge in [0.15, 0.2) is 0 Å². The van der Waals surface area contributed by atoms with Gasteiger partial charge in [-0.05, 0) is 30.4 Å². The number of piperidine rings is 1. The highest BCUT2D eigenvalue weighted by molar-refractivity contribution is 5.94. The van der Waals surface area contributed by atoms with Crippen molar-refractivity contribution in [3.8, 4) is 0 Å². The molecule has 1 unspecified atom stereocenters. The molecule has 2 fully saturated rings. The first kappa shape index (κ1) is 18.9. The van der Waals surface area contributed by atoms with Gasteiger partial charge in [0.2, 0.25) is 0 Å². The second-order valence-corrected chi connectivity index (χ2v) is 8.18. The molecule has 0 saturated carbocycles. The number of carbonyl (C=O) groups excluding carboxylic acids is 1. The Morgan fingerprint density at radius 2 is 1.86 bits per heavy atom. The van der Waals surface area contributed by atoms with Gasteiger partial charge in [0.05, 0.1) is 17.4 Å². The van der Waals surface area contributed by atoms with Crippen LogP contribution in [-0.4, -0.2) is 60.0 Å². The van der Waals surface area contributed by atoms with E-state index in [9.17, 15) is 4.79 Å². The van der Waals surface area contributed by atoms with Crippen molar-refractivity contribution < 1.29 is 4.79 Å². The summed E-state index contributed by atoms with van der Waals surface area (Å²) in [6.45, 7) is 8.93. The molecule has 0 spiro atoms. The topological polar surface area (TPSA) is 39.7 Å². The Balaban J connectivity index is 1.36. The third kappa shape index (κ3) is 4.53. The number of likely N-dealkylation sites (tertiary alicyclic amines) is 1. The van der Waals surface area contributed by atoms with Crippen molar-refractivity contribution in [3.63, 3.8) is 0 Å². The maximum Gasteiger partial charge on any atom is 0.255 e. The molecule has 148 valence electrons. The molecular weight excluding hydrogens is 348 g/mol. The van der Waals surface area contributed by atoms with E-state index >= 15 is 0 Å². The molecule has 0 aliphatic carbocycles. The van der Waals surface area contributed by atoms with Crippen molar-refractivity contribution in [2.75, 3.05) is 44.2 Å². The summed E-state index contributed by atoms with van der Waals surface area (Å²) in [6, 6.07) is 12.7. The first-order valence-electron chi connectivity index (χ1n) is 10.4. The summed E-state index contributed by atoms with van der Waals surface area (Å²) in [5.74, 6) is 0.718. The highest BCUT2D eigenvalue weighted by Gasteiger charge is 2.23. The zero-order chi connectivity index (χ0) is 19.3. The Morgan fingerprint density at radius 3 is 2.61 bits per heavy atom. The SMILES string of the molecule is CC1CCCN(C(=O)c2cncc(N3CCN(Cc4ccccc4)CC3)c2)C1. The van der Waals surface area contributed by atoms with Crippen molar-refractivity contribution in [1.82, 2.24) is 14.8 Å². The average molecular weight is 379 g/mol. The van der Waals surface area contributed by atoms with Gasteiger partial charge < -0.3 is 9.80 Å². The van der Waals surface area contributed by atoms with Gasteiger partial charge in [0, 0.05) is 52.0 Å². The summed E-state index contributed by atoms with van der Waals surface area (Å²) in [6.07, 6.45) is 5.93. The fourth-order valence-electron chi connectivity index (χ4n) is 4.28. The third-order valence-corrected chi connectivity index (χ3v) is 5.90. The Hall–Kier alpha value is -2.40. The molecule has 2 saturated heterocycles. The minimum Gasteiger partial charge on any atom is -0.368 e. The molecule has 2 aliphatic heterocycles. The molecule has 5 nitrogen and oxygen atoms in total. The number of amides is 1. The largest absolute Gasteiger partial charge is 0.368 e. The van der Waals surface area contributed by atoms with E-state index < -0.39 is 0 Å². The van der Waals surface area contributed by atoms with E-state index in [2.05, 4.69) is 52.0 Å². The molecule has 28 heavy (non-hydrogen) atoms. The van der Waals surface area contributed by atoms with E-state index in [4.69, 9.17) is 0 Å². The smallest absolute Gasteiger partial charge is 0.255 e. The zero-order valence-electron chi connectivity index (χ0n) is 16.8. The van der Waals surface area contributed by atoms with E-state index in [1.165, 1.54) is 12.0 Å². The molecule has 1 aromatic heterocycles. The maximum absolute atomic E-state index is 12.9. The van der Waals surface area contributed by atoms with E-state index in [1.54, 1.807) is 6.20 Å². The number of hydrogen-bond donors (Lipinski definition) is 0. The highest BCUT2D eigenvalue weighted by Crippen LogP contribution is 2.21. The molecule has 1 amide bonds. The third-order valence-electron chi connectivity index (χ3n) is 5.90. The first-order chi connectivity index (χ1) is 13.7. The Labute approximate surface area is 168 Å². The minimum atomic E-state index is 0.128. The van der Waals surface area contributed by atoms with Gasteiger partial charge in [0.25, 0.3) is 5.91 Å². The molecule has 1 atom stereocenters. The number of benzene rings is 1. The van der Waals surface area contributed by atoms with Crippen LogP contribution in [-0.2, 0) is 6.54 Å². The van der Waals surface area contributed by atoms with E-state index in [-0.39, 0.29) is 5.91 Å². The number of nitrogens with zero attached hydrogens (tertiary/aromatic N) is 4. The molecule has 1 aromatic carbocycles. The van der Waals surface area contributed by atoms with Gasteiger partial charge in [-0.25, -0.2) is 0 Å². The fraction of sp³-hybridized carbons (Fsp3) is 0.478. The second-order valence-electron chi connectivity index (χ2n) is 8.18. The van der Waals surface area contributed by atoms with Crippen LogP contribution in [0.5, 0.6) is 0 Å². The summed E-state index contributed by atoms with van der Waals surface area (Å²) in [7, 11) is 0. The van der Waals surface area contributed by atoms with Gasteiger partial charge in [-0.1, -0.05) is 37.3 Å². The Morgan fingerprint density at radius 1 is 1.07 bits per heavy atom. The van der Waals surface area contributed by atoms with Crippen LogP contribution in [0.15, 0.2) is 48.8 Å². The van der Waals surface area contributed by atoms with Crippen LogP contribution in [0.3, 0.4) is 0 Å². The highest BCUT2D eigenvalue weighted by atomic mass is 16.2. The molecule has 5 heteroatoms. The molecule has 4 rings (SSSR count). The van der Waals surface area contributed by atoms with Gasteiger partial charge in [-0.2, -0.15) is 0 Å². The van der Waals surface area contributed by atoms with Gasteiger partial charge >= 0.3 is 0 Å². The molecular formula is C23H30N4O. The number of piperazine rings is 1. The lowest BCUT2D eigenvalue weighted by Gasteiger charge is -2.36. The van der Waals surface area contributed by atoms with Crippen molar-refractivity contribution in [2.24, 2.45) is 5.92 Å². The summed E-state index contributed by atoms with van der Waals surface area (Å²) in [4.78, 5) is 24.1. The lowest BCUT2D eigenvalue weighted by Crippen LogP contribution is -2.46. The van der Waals surface area contributed by atoms with Crippen molar-refractivity contribution in [3.05, 3.63) is 59.9 Å². The minimum absolute atomic E-state index is 0.128. The summed E-state index contributed by atoms with van der Waals surface area (Å²) >= 11 is 0. The standard InChI is InChI=1S/C23H30N4O/c1-19-6-5-9-27(17-19)23(28)21-14-22(16-24-15-21)26-12-10-25(11-13-26)18-20-7-3-2-4-8-20/h2-4,7-8,14-16,19H,5-6,9-13,17-18H2,1H3. The van der Waals surface area contributed by atoms with Gasteiger partial charge in [-0.15, -0.1) is 0 Å². The van der Waals surface area contributed by atoms with E-state index in [0.29, 0.717) is 5.92 Å². The quantitative estimate of drug-likeness (QED) is 0.819. The predicted octanol–water partition coefficient (Wildman–Crippen LogP) is 3.28. The first-order valence-corrected chi connectivity index (χ1v) is 10.4. The van der Waals surface area contributed by atoms with Crippen LogP contribution in [0.25, 0.3) is 0 Å². The molecule has 0 bridgehead atoms. The summed E-state index contributed by atoms with van der Waals surface area (Å²) < 4.78 is 0. The molecule has 0 N–H and O–H groups in total. The number of carbonyl (C=O) groups is 1. The fourth-order valence-corrected chi connectivity index (χ4v) is 4.28. The second kappa shape index (κ2) is 8.74. The Kier molecular flexibility index (Phi) is 5.91. The van der Waals surface area contributed by atoms with Crippen molar-refractivity contribution in [1.29, 1.82) is 0 Å². The normalized spacial score (nSPS) is 21.0. The van der Waals surface area contributed by atoms with Crippen LogP contribution < -0.4 is 4.90 Å². The number of pyridine rings is 1. The van der Waals surface area contributed by atoms with Crippen LogP contribution in [0.4, 0.5) is 5.69 Å². The molecule has 2 aliphatic rings. The van der Waals surface area contributed by atoms with E-state index in [0.717, 1.165) is 63.5 Å². The summed E-state index contributed by atoms with van der Waals surface area (Å²) in [5.41, 5.74) is 3.15. The lowest BCUT2D eigenvalue weighted by molar-refractivity contribution is 0.0682. The number of anilines is 1. The monoisotopic (exact) mass is 378 g/mol. The molecule has 0 radical (unpaired) electrons. The van der Waals surface area contributed by atoms with Gasteiger partial charge in [0.1, 0.15) is 0 Å². The predicted molar refractivity (Wildman–Crippen MR) is 112 cm³/mol. The van der Waals surface area contributed by atoms with Crippen LogP contribution in [0.2, 0.25) is 0 Å². The zero-order valence-corrected chi connectivity index (χ0v) is 16.8. The molecule has 2 aromatic rings. The molecule has 3 heterocycles. The van der Waals surface area contributed by atoms with E-state index in [1.807, 2.05) is 17.2 Å². The Bertz CT molecular complexity index is 786. The maximum atomic E-state index is 12.9. The lowest BCUT2D eigenvalue weighted by atomic mass is 10.00. The van der Waals surface area contributed by atoms with Gasteiger partial charge in [-0.3, -0.25) is 14.7 Å². The van der Waals surface area contributed by atoms with Crippen molar-refractivity contribution >= 4 is 11.6 Å². The van der Waals surface area contributed by atoms with Crippen LogP contribution in [0.1, 0.15) is 35.7 Å². The van der Waals surface area contributed by atoms with Crippen LogP contribution in [0, 0.1) is 5.92 Å². The average Bonchev–Trinajstić information content (AvgIpc) is 2.75. The van der Waals surface area contributed by atoms with Crippen molar-refractivity contribution in [2.45, 2.75) is 26.3 Å². The number of aromatic nitrogens is 1. The summed E-state index contributed by atoms with van der Waals surface area (Å²) in [5, 5.41) is 0. The van der Waals surface area contributed by atoms with Crippen LogP contribution >= 0.6 is 0 Å². The number of hydrogen-bond acceptors (Lipinski definition) is 4. The number of rotatable bonds is 4.